The van der Waals surface area contributed by atoms with E-state index in [4.69, 9.17) is 0 Å². The van der Waals surface area contributed by atoms with Gasteiger partial charge in [0.1, 0.15) is 5.01 Å². The molecule has 0 amide bonds. The lowest BCUT2D eigenvalue weighted by molar-refractivity contribution is 0.573. The first kappa shape index (κ1) is 14.3. The zero-order valence-electron chi connectivity index (χ0n) is 12.8. The molecule has 3 aromatic rings. The third kappa shape index (κ3) is 2.87. The molecular formula is C17H21N3S. The molecular weight excluding hydrogens is 278 g/mol. The van der Waals surface area contributed by atoms with E-state index in [9.17, 15) is 0 Å². The number of fused-ring (bicyclic) bond motifs is 1. The number of rotatable bonds is 5. The Balaban J connectivity index is 1.74. The molecule has 0 bridgehead atoms. The van der Waals surface area contributed by atoms with Crippen LogP contribution in [0.1, 0.15) is 35.3 Å². The molecule has 0 aliphatic carbocycles. The molecule has 0 fully saturated rings. The number of aryl methyl sites for hydroxylation is 2. The fraction of sp³-hybridized carbons (Fsp3) is 0.353. The van der Waals surface area contributed by atoms with Gasteiger partial charge in [-0.2, -0.15) is 0 Å². The Labute approximate surface area is 129 Å². The van der Waals surface area contributed by atoms with Crippen molar-refractivity contribution in [2.24, 2.45) is 7.05 Å². The maximum absolute atomic E-state index is 4.52. The molecule has 110 valence electrons. The molecule has 0 aliphatic rings. The van der Waals surface area contributed by atoms with Gasteiger partial charge in [-0.15, -0.1) is 11.3 Å². The van der Waals surface area contributed by atoms with Gasteiger partial charge in [0.05, 0.1) is 6.04 Å². The predicted molar refractivity (Wildman–Crippen MR) is 89.7 cm³/mol. The molecule has 1 N–H and O–H groups in total. The van der Waals surface area contributed by atoms with Crippen LogP contribution in [0.4, 0.5) is 0 Å². The fourth-order valence-electron chi connectivity index (χ4n) is 2.60. The quantitative estimate of drug-likeness (QED) is 0.770. The minimum atomic E-state index is 0.286. The molecule has 2 aromatic heterocycles. The summed E-state index contributed by atoms with van der Waals surface area (Å²) in [5, 5.41) is 6.09. The van der Waals surface area contributed by atoms with Crippen LogP contribution in [-0.2, 0) is 20.0 Å². The Morgan fingerprint density at radius 2 is 2.14 bits per heavy atom. The van der Waals surface area contributed by atoms with E-state index in [1.165, 1.54) is 26.4 Å². The van der Waals surface area contributed by atoms with Gasteiger partial charge in [-0.25, -0.2) is 4.98 Å². The van der Waals surface area contributed by atoms with E-state index in [2.05, 4.69) is 66.2 Å². The largest absolute Gasteiger partial charge is 0.350 e. The monoisotopic (exact) mass is 299 g/mol. The summed E-state index contributed by atoms with van der Waals surface area (Å²) in [4.78, 5) is 5.87. The molecule has 2 heterocycles. The van der Waals surface area contributed by atoms with E-state index in [0.29, 0.717) is 0 Å². The zero-order chi connectivity index (χ0) is 14.8. The summed E-state index contributed by atoms with van der Waals surface area (Å²) in [6, 6.07) is 8.83. The summed E-state index contributed by atoms with van der Waals surface area (Å²) in [5.74, 6) is 0. The third-order valence-electron chi connectivity index (χ3n) is 3.87. The van der Waals surface area contributed by atoms with Gasteiger partial charge >= 0.3 is 0 Å². The van der Waals surface area contributed by atoms with Crippen molar-refractivity contribution in [2.45, 2.75) is 32.9 Å². The minimum absolute atomic E-state index is 0.286. The number of para-hydroxylation sites is 1. The lowest BCUT2D eigenvalue weighted by Crippen LogP contribution is -2.17. The zero-order valence-corrected chi connectivity index (χ0v) is 13.6. The Morgan fingerprint density at radius 3 is 2.90 bits per heavy atom. The number of aromatic nitrogens is 2. The highest BCUT2D eigenvalue weighted by Gasteiger charge is 2.11. The second-order valence-corrected chi connectivity index (χ2v) is 6.55. The third-order valence-corrected chi connectivity index (χ3v) is 5.19. The maximum atomic E-state index is 4.52. The number of nitrogens with one attached hydrogen (secondary N) is 1. The molecule has 21 heavy (non-hydrogen) atoms. The standard InChI is InChI=1S/C17H21N3S/c1-4-14-10-19-17(21-14)12(2)18-9-13-11-20(3)16-8-6-5-7-15(13)16/h5-8,10-12,18H,4,9H2,1-3H3. The summed E-state index contributed by atoms with van der Waals surface area (Å²) >= 11 is 1.81. The van der Waals surface area contributed by atoms with Crippen LogP contribution in [0.25, 0.3) is 10.9 Å². The molecule has 1 unspecified atom stereocenters. The number of benzene rings is 1. The number of nitrogens with zero attached hydrogens (tertiary/aromatic N) is 2. The smallest absolute Gasteiger partial charge is 0.109 e. The summed E-state index contributed by atoms with van der Waals surface area (Å²) in [5.41, 5.74) is 2.62. The van der Waals surface area contributed by atoms with Gasteiger partial charge in [-0.3, -0.25) is 0 Å². The highest BCUT2D eigenvalue weighted by Crippen LogP contribution is 2.23. The molecule has 0 saturated carbocycles. The first-order valence-electron chi connectivity index (χ1n) is 7.40. The number of hydrogen-bond donors (Lipinski definition) is 1. The van der Waals surface area contributed by atoms with Crippen molar-refractivity contribution in [1.82, 2.24) is 14.9 Å². The molecule has 0 aliphatic heterocycles. The van der Waals surface area contributed by atoms with Crippen LogP contribution < -0.4 is 5.32 Å². The van der Waals surface area contributed by atoms with Gasteiger partial charge in [-0.1, -0.05) is 25.1 Å². The molecule has 0 spiro atoms. The second kappa shape index (κ2) is 6.00. The van der Waals surface area contributed by atoms with Crippen molar-refractivity contribution >= 4 is 22.2 Å². The number of hydrogen-bond acceptors (Lipinski definition) is 3. The van der Waals surface area contributed by atoms with E-state index >= 15 is 0 Å². The van der Waals surface area contributed by atoms with Crippen molar-refractivity contribution < 1.29 is 0 Å². The van der Waals surface area contributed by atoms with Gasteiger partial charge in [0.15, 0.2) is 0 Å². The van der Waals surface area contributed by atoms with E-state index < -0.39 is 0 Å². The SMILES string of the molecule is CCc1cnc(C(C)NCc2cn(C)c3ccccc23)s1. The van der Waals surface area contributed by atoms with Crippen molar-refractivity contribution in [1.29, 1.82) is 0 Å². The van der Waals surface area contributed by atoms with E-state index in [0.717, 1.165) is 13.0 Å². The second-order valence-electron chi connectivity index (χ2n) is 5.40. The topological polar surface area (TPSA) is 29.9 Å². The maximum Gasteiger partial charge on any atom is 0.109 e. The highest BCUT2D eigenvalue weighted by molar-refractivity contribution is 7.11. The lowest BCUT2D eigenvalue weighted by Gasteiger charge is -2.10. The van der Waals surface area contributed by atoms with Crippen LogP contribution >= 0.6 is 11.3 Å². The van der Waals surface area contributed by atoms with Crippen molar-refractivity contribution in [2.75, 3.05) is 0 Å². The average Bonchev–Trinajstić information content (AvgIpc) is 3.11. The Morgan fingerprint density at radius 1 is 1.33 bits per heavy atom. The predicted octanol–water partition coefficient (Wildman–Crippen LogP) is 4.05. The Kier molecular flexibility index (Phi) is 4.08. The molecule has 0 radical (unpaired) electrons. The molecule has 4 heteroatoms. The van der Waals surface area contributed by atoms with Gasteiger partial charge in [-0.05, 0) is 25.0 Å². The van der Waals surface area contributed by atoms with Crippen LogP contribution in [0.15, 0.2) is 36.7 Å². The van der Waals surface area contributed by atoms with Crippen LogP contribution in [0.2, 0.25) is 0 Å². The van der Waals surface area contributed by atoms with Crippen LogP contribution in [0.5, 0.6) is 0 Å². The van der Waals surface area contributed by atoms with Gasteiger partial charge in [0.25, 0.3) is 0 Å². The summed E-state index contributed by atoms with van der Waals surface area (Å²) in [6.45, 7) is 5.22. The summed E-state index contributed by atoms with van der Waals surface area (Å²) in [7, 11) is 2.10. The highest BCUT2D eigenvalue weighted by atomic mass is 32.1. The molecule has 0 saturated heterocycles. The first-order chi connectivity index (χ1) is 10.2. The summed E-state index contributed by atoms with van der Waals surface area (Å²) in [6.07, 6.45) is 5.27. The van der Waals surface area contributed by atoms with E-state index in [-0.39, 0.29) is 6.04 Å². The Bertz CT molecular complexity index is 741. The van der Waals surface area contributed by atoms with Crippen molar-refractivity contribution in [3.05, 3.63) is 52.1 Å². The molecule has 3 nitrogen and oxygen atoms in total. The van der Waals surface area contributed by atoms with Crippen LogP contribution in [0.3, 0.4) is 0 Å². The minimum Gasteiger partial charge on any atom is -0.350 e. The molecule has 1 aromatic carbocycles. The molecule has 1 atom stereocenters. The summed E-state index contributed by atoms with van der Waals surface area (Å²) < 4.78 is 2.19. The van der Waals surface area contributed by atoms with Gasteiger partial charge < -0.3 is 9.88 Å². The van der Waals surface area contributed by atoms with Crippen molar-refractivity contribution in [3.8, 4) is 0 Å². The lowest BCUT2D eigenvalue weighted by atomic mass is 10.1. The molecule has 3 rings (SSSR count). The van der Waals surface area contributed by atoms with Crippen LogP contribution in [0, 0.1) is 0 Å². The van der Waals surface area contributed by atoms with E-state index in [1.54, 1.807) is 11.3 Å². The van der Waals surface area contributed by atoms with E-state index in [1.807, 2.05) is 6.20 Å². The normalized spacial score (nSPS) is 12.9. The Hall–Kier alpha value is -1.65. The number of thiazole rings is 1. The van der Waals surface area contributed by atoms with Gasteiger partial charge in [0, 0.05) is 41.8 Å². The average molecular weight is 299 g/mol. The first-order valence-corrected chi connectivity index (χ1v) is 8.21. The van der Waals surface area contributed by atoms with Crippen LogP contribution in [-0.4, -0.2) is 9.55 Å². The fourth-order valence-corrected chi connectivity index (χ4v) is 3.49. The van der Waals surface area contributed by atoms with Crippen molar-refractivity contribution in [3.63, 3.8) is 0 Å². The van der Waals surface area contributed by atoms with Gasteiger partial charge in [0.2, 0.25) is 0 Å².